The Morgan fingerprint density at radius 3 is 2.82 bits per heavy atom. The maximum absolute atomic E-state index is 14.2. The van der Waals surface area contributed by atoms with Crippen molar-refractivity contribution in [1.29, 1.82) is 5.26 Å². The number of carbonyl (C=O) groups is 2. The first kappa shape index (κ1) is 19.6. The van der Waals surface area contributed by atoms with Gasteiger partial charge in [0.15, 0.2) is 0 Å². The molecule has 1 heterocycles. The lowest BCUT2D eigenvalue weighted by molar-refractivity contribution is -0.121. The second kappa shape index (κ2) is 8.72. The molecule has 1 aliphatic heterocycles. The number of hydrogen-bond acceptors (Lipinski definition) is 4. The molecule has 0 aromatic heterocycles. The highest BCUT2D eigenvalue weighted by molar-refractivity contribution is 8.03. The second-order valence-electron chi connectivity index (χ2n) is 6.39. The molecule has 142 valence electrons. The SMILES string of the molecule is Cc1cccc(NC(=O)CSC2=C(C#N)[C@H](c3ccccc3F)CC(=O)N2)c1. The van der Waals surface area contributed by atoms with Crippen LogP contribution in [-0.2, 0) is 9.59 Å². The quantitative estimate of drug-likeness (QED) is 0.806. The van der Waals surface area contributed by atoms with Crippen molar-refractivity contribution < 1.29 is 14.0 Å². The molecule has 3 rings (SSSR count). The van der Waals surface area contributed by atoms with Crippen LogP contribution in [0.5, 0.6) is 0 Å². The van der Waals surface area contributed by atoms with Gasteiger partial charge in [0.1, 0.15) is 5.82 Å². The number of carbonyl (C=O) groups excluding carboxylic acids is 2. The van der Waals surface area contributed by atoms with E-state index in [4.69, 9.17) is 0 Å². The number of nitrogens with zero attached hydrogens (tertiary/aromatic N) is 1. The van der Waals surface area contributed by atoms with Crippen LogP contribution in [0.1, 0.15) is 23.5 Å². The van der Waals surface area contributed by atoms with E-state index in [1.165, 1.54) is 6.07 Å². The average Bonchev–Trinajstić information content (AvgIpc) is 2.66. The topological polar surface area (TPSA) is 82.0 Å². The Hall–Kier alpha value is -3.11. The molecule has 0 radical (unpaired) electrons. The molecule has 0 bridgehead atoms. The minimum absolute atomic E-state index is 0.0105. The van der Waals surface area contributed by atoms with Gasteiger partial charge in [-0.3, -0.25) is 9.59 Å². The molecule has 2 N–H and O–H groups in total. The molecule has 0 saturated carbocycles. The molecule has 0 fully saturated rings. The summed E-state index contributed by atoms with van der Waals surface area (Å²) in [5.41, 5.74) is 2.26. The lowest BCUT2D eigenvalue weighted by atomic mass is 9.87. The van der Waals surface area contributed by atoms with Gasteiger partial charge in [0, 0.05) is 18.0 Å². The van der Waals surface area contributed by atoms with E-state index in [0.717, 1.165) is 17.3 Å². The van der Waals surface area contributed by atoms with Crippen molar-refractivity contribution in [2.24, 2.45) is 0 Å². The third kappa shape index (κ3) is 4.59. The molecule has 0 spiro atoms. The second-order valence-corrected chi connectivity index (χ2v) is 7.37. The van der Waals surface area contributed by atoms with Crippen LogP contribution in [0.15, 0.2) is 59.1 Å². The van der Waals surface area contributed by atoms with E-state index in [1.54, 1.807) is 24.3 Å². The average molecular weight is 395 g/mol. The van der Waals surface area contributed by atoms with E-state index in [0.29, 0.717) is 16.3 Å². The molecule has 5 nitrogen and oxygen atoms in total. The Bertz CT molecular complexity index is 997. The summed E-state index contributed by atoms with van der Waals surface area (Å²) in [6.07, 6.45) is -0.0105. The third-order valence-corrected chi connectivity index (χ3v) is 5.30. The van der Waals surface area contributed by atoms with Crippen LogP contribution in [0.4, 0.5) is 10.1 Å². The molecule has 2 amide bonds. The fourth-order valence-corrected chi connectivity index (χ4v) is 3.89. The van der Waals surface area contributed by atoms with Crippen LogP contribution in [0.2, 0.25) is 0 Å². The minimum Gasteiger partial charge on any atom is -0.325 e. The van der Waals surface area contributed by atoms with Gasteiger partial charge in [0.05, 0.1) is 22.4 Å². The van der Waals surface area contributed by atoms with Crippen LogP contribution in [0, 0.1) is 24.1 Å². The maximum Gasteiger partial charge on any atom is 0.234 e. The van der Waals surface area contributed by atoms with Gasteiger partial charge in [0.2, 0.25) is 11.8 Å². The van der Waals surface area contributed by atoms with E-state index in [9.17, 15) is 19.2 Å². The summed E-state index contributed by atoms with van der Waals surface area (Å²) in [5, 5.41) is 15.3. The number of rotatable bonds is 5. The summed E-state index contributed by atoms with van der Waals surface area (Å²) in [6.45, 7) is 1.93. The predicted molar refractivity (Wildman–Crippen MR) is 107 cm³/mol. The molecule has 1 aliphatic rings. The number of aryl methyl sites for hydroxylation is 1. The Labute approximate surface area is 166 Å². The maximum atomic E-state index is 14.2. The standard InChI is InChI=1S/C21H18FN3O2S/c1-13-5-4-6-14(9-13)24-20(27)12-28-21-17(11-23)16(10-19(26)25-21)15-7-2-3-8-18(15)22/h2-9,16H,10,12H2,1H3,(H,24,27)(H,25,26)/t16-/m0/s1. The molecular formula is C21H18FN3O2S. The molecule has 7 heteroatoms. The fraction of sp³-hybridized carbons (Fsp3) is 0.190. The molecule has 2 aromatic carbocycles. The number of nitriles is 1. The number of allylic oxidation sites excluding steroid dienone is 1. The highest BCUT2D eigenvalue weighted by Gasteiger charge is 2.31. The Kier molecular flexibility index (Phi) is 6.12. The van der Waals surface area contributed by atoms with Crippen molar-refractivity contribution in [2.75, 3.05) is 11.1 Å². The lowest BCUT2D eigenvalue weighted by Crippen LogP contribution is -2.31. The van der Waals surface area contributed by atoms with Crippen LogP contribution >= 0.6 is 11.8 Å². The number of benzene rings is 2. The smallest absolute Gasteiger partial charge is 0.234 e. The first-order valence-electron chi connectivity index (χ1n) is 8.66. The van der Waals surface area contributed by atoms with Gasteiger partial charge < -0.3 is 10.6 Å². The summed E-state index contributed by atoms with van der Waals surface area (Å²) in [4.78, 5) is 24.4. The number of thioether (sulfide) groups is 1. The molecule has 0 saturated heterocycles. The number of anilines is 1. The van der Waals surface area contributed by atoms with Crippen molar-refractivity contribution >= 4 is 29.3 Å². The summed E-state index contributed by atoms with van der Waals surface area (Å²) in [7, 11) is 0. The third-order valence-electron chi connectivity index (χ3n) is 4.29. The fourth-order valence-electron chi connectivity index (χ4n) is 3.01. The zero-order valence-corrected chi connectivity index (χ0v) is 16.0. The summed E-state index contributed by atoms with van der Waals surface area (Å²) in [5.74, 6) is -1.69. The van der Waals surface area contributed by atoms with Crippen molar-refractivity contribution in [3.8, 4) is 6.07 Å². The lowest BCUT2D eigenvalue weighted by Gasteiger charge is -2.25. The molecule has 1 atom stereocenters. The van der Waals surface area contributed by atoms with E-state index >= 15 is 0 Å². The van der Waals surface area contributed by atoms with E-state index in [2.05, 4.69) is 16.7 Å². The highest BCUT2D eigenvalue weighted by atomic mass is 32.2. The minimum atomic E-state index is -0.665. The summed E-state index contributed by atoms with van der Waals surface area (Å²) < 4.78 is 14.2. The van der Waals surface area contributed by atoms with Gasteiger partial charge in [-0.1, -0.05) is 42.1 Å². The van der Waals surface area contributed by atoms with Crippen molar-refractivity contribution in [3.63, 3.8) is 0 Å². The van der Waals surface area contributed by atoms with Gasteiger partial charge in [-0.15, -0.1) is 0 Å². The molecule has 28 heavy (non-hydrogen) atoms. The monoisotopic (exact) mass is 395 g/mol. The van der Waals surface area contributed by atoms with Crippen LogP contribution in [-0.4, -0.2) is 17.6 Å². The van der Waals surface area contributed by atoms with Crippen LogP contribution < -0.4 is 10.6 Å². The normalized spacial score (nSPS) is 16.3. The predicted octanol–water partition coefficient (Wildman–Crippen LogP) is 3.84. The number of hydrogen-bond donors (Lipinski definition) is 2. The van der Waals surface area contributed by atoms with Gasteiger partial charge in [0.25, 0.3) is 0 Å². The number of nitrogens with one attached hydrogen (secondary N) is 2. The summed E-state index contributed by atoms with van der Waals surface area (Å²) >= 11 is 1.06. The largest absolute Gasteiger partial charge is 0.325 e. The van der Waals surface area contributed by atoms with Crippen molar-refractivity contribution in [2.45, 2.75) is 19.3 Å². The first-order chi connectivity index (χ1) is 13.5. The highest BCUT2D eigenvalue weighted by Crippen LogP contribution is 2.36. The van der Waals surface area contributed by atoms with Crippen LogP contribution in [0.25, 0.3) is 0 Å². The molecule has 2 aromatic rings. The van der Waals surface area contributed by atoms with Gasteiger partial charge in [-0.25, -0.2) is 4.39 Å². The van der Waals surface area contributed by atoms with Gasteiger partial charge in [-0.05, 0) is 36.2 Å². The Morgan fingerprint density at radius 2 is 2.11 bits per heavy atom. The van der Waals surface area contributed by atoms with Gasteiger partial charge in [-0.2, -0.15) is 5.26 Å². The Morgan fingerprint density at radius 1 is 1.32 bits per heavy atom. The van der Waals surface area contributed by atoms with Crippen LogP contribution in [0.3, 0.4) is 0 Å². The zero-order chi connectivity index (χ0) is 20.1. The van der Waals surface area contributed by atoms with Gasteiger partial charge >= 0.3 is 0 Å². The number of halogens is 1. The Balaban J connectivity index is 1.77. The number of amides is 2. The van der Waals surface area contributed by atoms with E-state index in [1.807, 2.05) is 25.1 Å². The molecule has 0 unspecified atom stereocenters. The molecule has 0 aliphatic carbocycles. The zero-order valence-electron chi connectivity index (χ0n) is 15.2. The first-order valence-corrected chi connectivity index (χ1v) is 9.64. The van der Waals surface area contributed by atoms with Crippen molar-refractivity contribution in [3.05, 3.63) is 76.1 Å². The van der Waals surface area contributed by atoms with E-state index < -0.39 is 11.7 Å². The summed E-state index contributed by atoms with van der Waals surface area (Å²) in [6, 6.07) is 15.6. The van der Waals surface area contributed by atoms with E-state index in [-0.39, 0.29) is 29.6 Å². The molecular weight excluding hydrogens is 377 g/mol. The van der Waals surface area contributed by atoms with Crippen molar-refractivity contribution in [1.82, 2.24) is 5.32 Å².